The summed E-state index contributed by atoms with van der Waals surface area (Å²) in [5.41, 5.74) is 9.97. The van der Waals surface area contributed by atoms with Crippen LogP contribution in [0.25, 0.3) is 67.0 Å². The molecule has 5 nitrogen and oxygen atoms in total. The highest BCUT2D eigenvalue weighted by molar-refractivity contribution is 6.08. The minimum absolute atomic E-state index is 0.0384. The number of aryl methyl sites for hydroxylation is 4. The summed E-state index contributed by atoms with van der Waals surface area (Å²) in [6.07, 6.45) is 18.7. The summed E-state index contributed by atoms with van der Waals surface area (Å²) >= 11 is 0. The largest absolute Gasteiger partial charge is 0.437 e. The number of nitrogens with zero attached hydrogens (tertiary/aromatic N) is 4. The Bertz CT molecular complexity index is 3910. The highest BCUT2D eigenvalue weighted by Crippen LogP contribution is 2.73. The van der Waals surface area contributed by atoms with Gasteiger partial charge in [-0.25, -0.2) is 4.98 Å². The molecule has 1 spiro atoms. The van der Waals surface area contributed by atoms with Crippen molar-refractivity contribution in [3.63, 3.8) is 0 Å². The van der Waals surface area contributed by atoms with E-state index in [0.29, 0.717) is 53.3 Å². The molecule has 0 radical (unpaired) electrons. The number of hydrogen-bond acceptors (Lipinski definition) is 5. The molecular weight excluding hydrogens is 937 g/mol. The van der Waals surface area contributed by atoms with Crippen LogP contribution in [0.15, 0.2) is 169 Å². The predicted molar refractivity (Wildman–Crippen MR) is 314 cm³/mol. The van der Waals surface area contributed by atoms with Crippen LogP contribution in [0, 0.1) is 34.4 Å². The van der Waals surface area contributed by atoms with Gasteiger partial charge in [0.05, 0.1) is 17.1 Å². The Morgan fingerprint density at radius 3 is 1.88 bits per heavy atom. The molecule has 4 aromatic carbocycles. The summed E-state index contributed by atoms with van der Waals surface area (Å²) in [6, 6.07) is 48.4. The number of hydrogen-bond donors (Lipinski definition) is 0. The molecule has 15 rings (SSSR count). The molecule has 5 heterocycles. The van der Waals surface area contributed by atoms with Gasteiger partial charge < -0.3 is 4.42 Å². The second kappa shape index (κ2) is 19.9. The Hall–Kier alpha value is -6.72. The van der Waals surface area contributed by atoms with Crippen LogP contribution >= 0.6 is 0 Å². The van der Waals surface area contributed by atoms with E-state index in [0.717, 1.165) is 113 Å². The molecule has 9 aromatic rings. The fourth-order valence-corrected chi connectivity index (χ4v) is 15.9. The number of rotatable bonds is 14. The van der Waals surface area contributed by atoms with Crippen molar-refractivity contribution in [1.29, 1.82) is 0 Å². The first-order chi connectivity index (χ1) is 40.8. The van der Waals surface area contributed by atoms with Gasteiger partial charge in [0.15, 0.2) is 0 Å². The van der Waals surface area contributed by atoms with Crippen molar-refractivity contribution in [3.8, 4) is 44.9 Å². The summed E-state index contributed by atoms with van der Waals surface area (Å²) in [5.74, 6) is -0.514. The minimum Gasteiger partial charge on any atom is -0.437 e. The summed E-state index contributed by atoms with van der Waals surface area (Å²) < 4.78 is 82.6. The molecule has 4 unspecified atom stereocenters. The van der Waals surface area contributed by atoms with Gasteiger partial charge in [-0.05, 0) is 226 Å². The van der Waals surface area contributed by atoms with Crippen LogP contribution in [-0.2, 0) is 19.3 Å². The van der Waals surface area contributed by atoms with Crippen LogP contribution in [0.1, 0.15) is 160 Å². The normalized spacial score (nSPS) is 26.3. The molecule has 4 bridgehead atoms. The van der Waals surface area contributed by atoms with Gasteiger partial charge in [0.25, 0.3) is 0 Å². The maximum atomic E-state index is 10.7. The average molecular weight is 1020 g/mol. The van der Waals surface area contributed by atoms with Crippen LogP contribution in [0.2, 0.25) is 0 Å². The lowest BCUT2D eigenvalue weighted by Crippen LogP contribution is -2.57. The number of aromatic nitrogens is 4. The molecule has 5 heteroatoms. The number of pyridine rings is 4. The van der Waals surface area contributed by atoms with Crippen molar-refractivity contribution < 1.29 is 15.4 Å². The van der Waals surface area contributed by atoms with E-state index in [-0.39, 0.29) is 35.6 Å². The SMILES string of the molecule is [2H]C([2H])([2H])c1ccc2c(n1)oc1c(-c3cc(-c4ccc(C5([2H])CCC6(CCCCC6)CC5)cc4)c(CC([2H])([2H])C45CC6CC(CCc7ccc(-c8ccccc8)nc7)(CC(C([2H])([2H])Cc7ccc(-c8ccccc8)nc7)(C6)C4)C5)cn3)cccc12. The molecule has 6 aliphatic rings. The second-order valence-corrected chi connectivity index (χ2v) is 24.4. The van der Waals surface area contributed by atoms with E-state index >= 15 is 0 Å². The van der Waals surface area contributed by atoms with E-state index in [9.17, 15) is 6.85 Å². The quantitative estimate of drug-likeness (QED) is 0.109. The topological polar surface area (TPSA) is 64.7 Å². The molecule has 6 saturated carbocycles. The fraction of sp³-hybridized carbons (Fsp3) is 0.389. The average Bonchev–Trinajstić information content (AvgIpc) is 1.13. The van der Waals surface area contributed by atoms with Crippen molar-refractivity contribution in [2.24, 2.45) is 27.6 Å². The Balaban J connectivity index is 0.831. The minimum atomic E-state index is -2.40. The Morgan fingerprint density at radius 2 is 1.21 bits per heavy atom. The Kier molecular flexibility index (Phi) is 10.5. The zero-order chi connectivity index (χ0) is 58.5. The third-order valence-corrected chi connectivity index (χ3v) is 19.3. The monoisotopic (exact) mass is 1020 g/mol. The summed E-state index contributed by atoms with van der Waals surface area (Å²) in [5, 5.41) is 1.50. The lowest BCUT2D eigenvalue weighted by atomic mass is 9.37. The van der Waals surface area contributed by atoms with Crippen molar-refractivity contribution in [2.75, 3.05) is 0 Å². The van der Waals surface area contributed by atoms with E-state index in [1.807, 2.05) is 97.5 Å². The molecule has 0 amide bonds. The molecule has 388 valence electrons. The van der Waals surface area contributed by atoms with Gasteiger partial charge >= 0.3 is 0 Å². The molecule has 4 atom stereocenters. The van der Waals surface area contributed by atoms with Crippen molar-refractivity contribution in [2.45, 2.75) is 147 Å². The Labute approximate surface area is 467 Å². The van der Waals surface area contributed by atoms with Crippen molar-refractivity contribution >= 4 is 22.1 Å². The third-order valence-electron chi connectivity index (χ3n) is 19.3. The standard InChI is InChI=1S/C72H74N4O/c1-50-18-25-61-60-16-11-17-62(67(60)77-68(61)76-50)66-40-63(56-23-21-54(22-24-56)55-30-37-69(38-31-55)33-9-4-10-34-69)59(46-75-66)32-39-72-43-53-41-70(48-72,35-28-51-19-26-64(73-44-51)57-12-5-2-6-13-57)47-71(42-53,49-72)36-29-52-20-27-65(74-45-52)58-14-7-3-8-15-58/h2-3,5-8,11-27,40,44-46,53,55H,4,9-10,28-39,41-43,47-49H2,1H3/i1D3,35D2,39D2,55D. The maximum absolute atomic E-state index is 10.7. The van der Waals surface area contributed by atoms with Crippen molar-refractivity contribution in [1.82, 2.24) is 19.9 Å². The van der Waals surface area contributed by atoms with Crippen LogP contribution in [-0.4, -0.2) is 19.9 Å². The summed E-state index contributed by atoms with van der Waals surface area (Å²) in [7, 11) is 0. The zero-order valence-corrected chi connectivity index (χ0v) is 44.3. The third kappa shape index (κ3) is 9.65. The summed E-state index contributed by atoms with van der Waals surface area (Å²) in [6.45, 7) is -2.40. The van der Waals surface area contributed by atoms with E-state index in [1.54, 1.807) is 6.07 Å². The molecule has 0 N–H and O–H groups in total. The summed E-state index contributed by atoms with van der Waals surface area (Å²) in [4.78, 5) is 19.4. The predicted octanol–water partition coefficient (Wildman–Crippen LogP) is 18.9. The van der Waals surface area contributed by atoms with Crippen LogP contribution in [0.5, 0.6) is 0 Å². The van der Waals surface area contributed by atoms with Crippen LogP contribution < -0.4 is 0 Å². The molecule has 5 aromatic heterocycles. The van der Waals surface area contributed by atoms with E-state index < -0.39 is 36.3 Å². The van der Waals surface area contributed by atoms with Crippen LogP contribution in [0.4, 0.5) is 0 Å². The highest BCUT2D eigenvalue weighted by atomic mass is 16.3. The molecule has 0 saturated heterocycles. The van der Waals surface area contributed by atoms with Crippen molar-refractivity contribution in [3.05, 3.63) is 192 Å². The van der Waals surface area contributed by atoms with E-state index in [2.05, 4.69) is 59.6 Å². The molecule has 6 fully saturated rings. The first-order valence-corrected chi connectivity index (χ1v) is 28.8. The fourth-order valence-electron chi connectivity index (χ4n) is 15.9. The zero-order valence-electron chi connectivity index (χ0n) is 52.3. The first-order valence-electron chi connectivity index (χ1n) is 32.8. The van der Waals surface area contributed by atoms with Gasteiger partial charge in [0, 0.05) is 62.7 Å². The molecule has 0 aliphatic heterocycles. The van der Waals surface area contributed by atoms with Gasteiger partial charge in [-0.2, -0.15) is 0 Å². The van der Waals surface area contributed by atoms with Gasteiger partial charge in [0.1, 0.15) is 5.58 Å². The molecule has 77 heavy (non-hydrogen) atoms. The van der Waals surface area contributed by atoms with Crippen LogP contribution in [0.3, 0.4) is 0 Å². The number of benzene rings is 4. The lowest BCUT2D eigenvalue weighted by Gasteiger charge is -2.67. The number of fused-ring (bicyclic) bond motifs is 3. The van der Waals surface area contributed by atoms with Gasteiger partial charge in [-0.1, -0.05) is 128 Å². The second-order valence-electron chi connectivity index (χ2n) is 24.4. The number of furan rings is 1. The lowest BCUT2D eigenvalue weighted by molar-refractivity contribution is -0.166. The van der Waals surface area contributed by atoms with Gasteiger partial charge in [-0.3, -0.25) is 15.0 Å². The highest BCUT2D eigenvalue weighted by Gasteiger charge is 2.62. The van der Waals surface area contributed by atoms with Gasteiger partial charge in [-0.15, -0.1) is 0 Å². The smallest absolute Gasteiger partial charge is 0.227 e. The van der Waals surface area contributed by atoms with E-state index in [4.69, 9.17) is 23.5 Å². The maximum Gasteiger partial charge on any atom is 0.227 e. The number of para-hydroxylation sites is 1. The van der Waals surface area contributed by atoms with Gasteiger partial charge in [0.2, 0.25) is 5.71 Å². The van der Waals surface area contributed by atoms with E-state index in [1.165, 1.54) is 38.2 Å². The molecular formula is C72H74N4O. The first kappa shape index (κ1) is 40.5. The Morgan fingerprint density at radius 1 is 0.558 bits per heavy atom. The molecule has 6 aliphatic carbocycles.